The van der Waals surface area contributed by atoms with Crippen LogP contribution < -0.4 is 5.32 Å². The number of hydrogen-bond acceptors (Lipinski definition) is 3. The maximum atomic E-state index is 13.7. The quantitative estimate of drug-likeness (QED) is 0.890. The first-order chi connectivity index (χ1) is 9.72. The largest absolute Gasteiger partial charge is 0.311 e. The zero-order valence-electron chi connectivity index (χ0n) is 11.0. The van der Waals surface area contributed by atoms with Crippen molar-refractivity contribution in [3.8, 4) is 0 Å². The number of benzene rings is 1. The van der Waals surface area contributed by atoms with Crippen LogP contribution in [0, 0.1) is 11.7 Å². The maximum absolute atomic E-state index is 13.7. The summed E-state index contributed by atoms with van der Waals surface area (Å²) in [7, 11) is 0. The lowest BCUT2D eigenvalue weighted by atomic mass is 10.2. The summed E-state index contributed by atoms with van der Waals surface area (Å²) in [5.41, 5.74) is 1.30. The summed E-state index contributed by atoms with van der Waals surface area (Å²) >= 11 is 6.00. The highest BCUT2D eigenvalue weighted by atomic mass is 35.5. The zero-order chi connectivity index (χ0) is 13.9. The first-order valence-electron chi connectivity index (χ1n) is 6.75. The first kappa shape index (κ1) is 13.5. The molecule has 1 aliphatic carbocycles. The molecule has 2 aromatic rings. The Bertz CT molecular complexity index is 574. The zero-order valence-corrected chi connectivity index (χ0v) is 11.8. The van der Waals surface area contributed by atoms with Crippen LogP contribution in [0.5, 0.6) is 0 Å². The molecule has 0 saturated heterocycles. The van der Waals surface area contributed by atoms with E-state index in [0.29, 0.717) is 23.7 Å². The molecule has 1 heterocycles. The summed E-state index contributed by atoms with van der Waals surface area (Å²) in [6.45, 7) is 2.02. The molecule has 6 heteroatoms. The summed E-state index contributed by atoms with van der Waals surface area (Å²) in [5, 5.41) is 11.8. The van der Waals surface area contributed by atoms with Crippen LogP contribution in [0.4, 0.5) is 4.39 Å². The lowest BCUT2D eigenvalue weighted by molar-refractivity contribution is 0.577. The molecule has 0 aliphatic heterocycles. The molecule has 20 heavy (non-hydrogen) atoms. The Morgan fingerprint density at radius 3 is 3.00 bits per heavy atom. The van der Waals surface area contributed by atoms with E-state index in [9.17, 15) is 4.39 Å². The molecule has 1 fully saturated rings. The minimum absolute atomic E-state index is 0.293. The fourth-order valence-corrected chi connectivity index (χ4v) is 2.29. The number of hydrogen-bond donors (Lipinski definition) is 1. The van der Waals surface area contributed by atoms with Gasteiger partial charge in [0, 0.05) is 17.1 Å². The Morgan fingerprint density at radius 1 is 1.40 bits per heavy atom. The average molecular weight is 295 g/mol. The molecule has 1 aromatic heterocycles. The third kappa shape index (κ3) is 3.35. The molecule has 1 N–H and O–H groups in total. The van der Waals surface area contributed by atoms with Gasteiger partial charge >= 0.3 is 0 Å². The monoisotopic (exact) mass is 294 g/mol. The molecular weight excluding hydrogens is 279 g/mol. The van der Waals surface area contributed by atoms with Gasteiger partial charge in [0.2, 0.25) is 0 Å². The highest BCUT2D eigenvalue weighted by Gasteiger charge is 2.20. The molecule has 0 spiro atoms. The maximum Gasteiger partial charge on any atom is 0.129 e. The summed E-state index contributed by atoms with van der Waals surface area (Å²) in [4.78, 5) is 0. The molecule has 1 saturated carbocycles. The topological polar surface area (TPSA) is 42.7 Å². The van der Waals surface area contributed by atoms with Crippen molar-refractivity contribution in [3.05, 3.63) is 46.5 Å². The Kier molecular flexibility index (Phi) is 3.98. The number of nitrogens with zero attached hydrogens (tertiary/aromatic N) is 3. The van der Waals surface area contributed by atoms with Crippen molar-refractivity contribution in [2.45, 2.75) is 25.9 Å². The van der Waals surface area contributed by atoms with Gasteiger partial charge < -0.3 is 5.32 Å². The molecule has 1 aromatic carbocycles. The molecule has 0 atom stereocenters. The SMILES string of the molecule is Fc1cccc(Cl)c1Cn1cc(CNCC2CC2)nn1. The molecule has 0 bridgehead atoms. The van der Waals surface area contributed by atoms with Crippen LogP contribution >= 0.6 is 11.6 Å². The minimum atomic E-state index is -0.318. The van der Waals surface area contributed by atoms with Crippen molar-refractivity contribution < 1.29 is 4.39 Å². The van der Waals surface area contributed by atoms with Gasteiger partial charge in [-0.1, -0.05) is 22.9 Å². The lowest BCUT2D eigenvalue weighted by Gasteiger charge is -2.04. The predicted molar refractivity (Wildman–Crippen MR) is 75.0 cm³/mol. The third-order valence-corrected chi connectivity index (χ3v) is 3.76. The van der Waals surface area contributed by atoms with E-state index < -0.39 is 0 Å². The van der Waals surface area contributed by atoms with Gasteiger partial charge in [0.1, 0.15) is 5.82 Å². The fourth-order valence-electron chi connectivity index (χ4n) is 2.07. The van der Waals surface area contributed by atoms with Gasteiger partial charge in [0.25, 0.3) is 0 Å². The Morgan fingerprint density at radius 2 is 2.25 bits per heavy atom. The van der Waals surface area contributed by atoms with Crippen LogP contribution in [0.1, 0.15) is 24.1 Å². The van der Waals surface area contributed by atoms with Gasteiger partial charge in [-0.25, -0.2) is 9.07 Å². The van der Waals surface area contributed by atoms with E-state index in [0.717, 1.165) is 18.2 Å². The Balaban J connectivity index is 1.61. The van der Waals surface area contributed by atoms with E-state index in [2.05, 4.69) is 15.6 Å². The van der Waals surface area contributed by atoms with Crippen molar-refractivity contribution in [2.24, 2.45) is 5.92 Å². The number of aromatic nitrogens is 3. The highest BCUT2D eigenvalue weighted by Crippen LogP contribution is 2.27. The van der Waals surface area contributed by atoms with Crippen LogP contribution in [0.2, 0.25) is 5.02 Å². The smallest absolute Gasteiger partial charge is 0.129 e. The Hall–Kier alpha value is -1.46. The molecule has 4 nitrogen and oxygen atoms in total. The van der Waals surface area contributed by atoms with E-state index >= 15 is 0 Å². The standard InChI is InChI=1S/C14H16ClFN4/c15-13-2-1-3-14(16)12(13)9-20-8-11(18-19-20)7-17-6-10-4-5-10/h1-3,8,10,17H,4-7,9H2. The second kappa shape index (κ2) is 5.89. The van der Waals surface area contributed by atoms with E-state index in [1.54, 1.807) is 16.8 Å². The number of nitrogens with one attached hydrogen (secondary N) is 1. The van der Waals surface area contributed by atoms with Crippen LogP contribution in [0.25, 0.3) is 0 Å². The van der Waals surface area contributed by atoms with Gasteiger partial charge in [0.15, 0.2) is 0 Å². The van der Waals surface area contributed by atoms with E-state index in [1.165, 1.54) is 18.9 Å². The van der Waals surface area contributed by atoms with Crippen molar-refractivity contribution >= 4 is 11.6 Å². The second-order valence-corrected chi connectivity index (χ2v) is 5.59. The van der Waals surface area contributed by atoms with Crippen LogP contribution in [-0.2, 0) is 13.1 Å². The molecule has 0 radical (unpaired) electrons. The van der Waals surface area contributed by atoms with Gasteiger partial charge in [-0.2, -0.15) is 0 Å². The number of rotatable bonds is 6. The molecule has 1 aliphatic rings. The molecule has 3 rings (SSSR count). The summed E-state index contributed by atoms with van der Waals surface area (Å²) < 4.78 is 15.3. The van der Waals surface area contributed by atoms with E-state index in [4.69, 9.17) is 11.6 Å². The van der Waals surface area contributed by atoms with Crippen LogP contribution in [-0.4, -0.2) is 21.5 Å². The third-order valence-electron chi connectivity index (χ3n) is 3.40. The molecule has 106 valence electrons. The van der Waals surface area contributed by atoms with Crippen molar-refractivity contribution in [1.29, 1.82) is 0 Å². The van der Waals surface area contributed by atoms with Crippen molar-refractivity contribution in [2.75, 3.05) is 6.54 Å². The fraction of sp³-hybridized carbons (Fsp3) is 0.429. The second-order valence-electron chi connectivity index (χ2n) is 5.18. The van der Waals surface area contributed by atoms with Gasteiger partial charge in [0.05, 0.1) is 18.4 Å². The van der Waals surface area contributed by atoms with Gasteiger partial charge in [-0.3, -0.25) is 0 Å². The van der Waals surface area contributed by atoms with E-state index in [1.807, 2.05) is 6.20 Å². The summed E-state index contributed by atoms with van der Waals surface area (Å²) in [5.74, 6) is 0.517. The molecule has 0 unspecified atom stereocenters. The lowest BCUT2D eigenvalue weighted by Crippen LogP contribution is -2.16. The van der Waals surface area contributed by atoms with Gasteiger partial charge in [-0.15, -0.1) is 5.10 Å². The summed E-state index contributed by atoms with van der Waals surface area (Å²) in [6.07, 6.45) is 4.47. The van der Waals surface area contributed by atoms with Crippen LogP contribution in [0.3, 0.4) is 0 Å². The van der Waals surface area contributed by atoms with Gasteiger partial charge in [-0.05, 0) is 37.4 Å². The van der Waals surface area contributed by atoms with Crippen molar-refractivity contribution in [1.82, 2.24) is 20.3 Å². The van der Waals surface area contributed by atoms with E-state index in [-0.39, 0.29) is 5.82 Å². The normalized spacial score (nSPS) is 14.7. The molecule has 0 amide bonds. The first-order valence-corrected chi connectivity index (χ1v) is 7.13. The van der Waals surface area contributed by atoms with Crippen molar-refractivity contribution in [3.63, 3.8) is 0 Å². The average Bonchev–Trinajstić information content (AvgIpc) is 3.13. The number of halogens is 2. The Labute approximate surface area is 121 Å². The minimum Gasteiger partial charge on any atom is -0.311 e. The summed E-state index contributed by atoms with van der Waals surface area (Å²) in [6, 6.07) is 4.67. The highest BCUT2D eigenvalue weighted by molar-refractivity contribution is 6.31. The van der Waals surface area contributed by atoms with Crippen LogP contribution in [0.15, 0.2) is 24.4 Å². The predicted octanol–water partition coefficient (Wildman–Crippen LogP) is 2.62. The molecular formula is C14H16ClFN4.